The number of nitrogens with zero attached hydrogens (tertiary/aromatic N) is 2. The van der Waals surface area contributed by atoms with Gasteiger partial charge in [0.15, 0.2) is 17.4 Å². The standard InChI is InChI=1S/C36H39ClN2O9/c1-7-46-33(40)16-15-28-21(2)38-32(47-28)19-31-36(41)39(20-22-11-13-24(42-3)18-30(22)44-5)27-14-12-23(37)17-26(27)34(48-31)25-9-8-10-29(43-4)35(25)45-6/h8-14,17-18,31,34H,7,15-16,19-20H2,1-6H3. The van der Waals surface area contributed by atoms with Gasteiger partial charge in [0.25, 0.3) is 5.91 Å². The van der Waals surface area contributed by atoms with E-state index < -0.39 is 12.2 Å². The third-order valence-corrected chi connectivity index (χ3v) is 8.34. The van der Waals surface area contributed by atoms with Gasteiger partial charge in [0.2, 0.25) is 0 Å². The smallest absolute Gasteiger partial charge is 0.306 e. The van der Waals surface area contributed by atoms with Gasteiger partial charge in [-0.15, -0.1) is 0 Å². The number of hydrogen-bond donors (Lipinski definition) is 0. The molecule has 3 aromatic carbocycles. The lowest BCUT2D eigenvalue weighted by Gasteiger charge is -2.26. The summed E-state index contributed by atoms with van der Waals surface area (Å²) in [6.45, 7) is 4.01. The number of para-hydroxylation sites is 1. The first-order chi connectivity index (χ1) is 23.2. The Balaban J connectivity index is 1.61. The Bertz CT molecular complexity index is 1770. The zero-order chi connectivity index (χ0) is 34.4. The summed E-state index contributed by atoms with van der Waals surface area (Å²) in [5, 5.41) is 0.464. The molecule has 0 spiro atoms. The molecule has 1 amide bonds. The quantitative estimate of drug-likeness (QED) is 0.146. The number of amides is 1. The predicted octanol–water partition coefficient (Wildman–Crippen LogP) is 6.43. The number of esters is 1. The number of methoxy groups -OCH3 is 4. The maximum absolute atomic E-state index is 14.7. The normalized spacial score (nSPS) is 15.8. The van der Waals surface area contributed by atoms with E-state index in [9.17, 15) is 9.59 Å². The number of carbonyl (C=O) groups is 2. The molecule has 2 heterocycles. The molecule has 254 valence electrons. The van der Waals surface area contributed by atoms with Gasteiger partial charge in [0.05, 0.1) is 65.8 Å². The molecule has 0 N–H and O–H groups in total. The van der Waals surface area contributed by atoms with Crippen molar-refractivity contribution in [1.29, 1.82) is 0 Å². The van der Waals surface area contributed by atoms with Crippen LogP contribution in [-0.4, -0.2) is 58.0 Å². The van der Waals surface area contributed by atoms with Crippen LogP contribution in [0.4, 0.5) is 5.69 Å². The fourth-order valence-electron chi connectivity index (χ4n) is 5.80. The number of aromatic nitrogens is 1. The second-order valence-electron chi connectivity index (χ2n) is 11.0. The lowest BCUT2D eigenvalue weighted by atomic mass is 9.97. The second kappa shape index (κ2) is 15.4. The lowest BCUT2D eigenvalue weighted by Crippen LogP contribution is -2.40. The van der Waals surface area contributed by atoms with Gasteiger partial charge in [0, 0.05) is 34.2 Å². The van der Waals surface area contributed by atoms with Gasteiger partial charge in [-0.05, 0) is 50.2 Å². The summed E-state index contributed by atoms with van der Waals surface area (Å²) in [7, 11) is 6.25. The van der Waals surface area contributed by atoms with Crippen molar-refractivity contribution in [3.05, 3.63) is 93.7 Å². The molecular formula is C36H39ClN2O9. The Kier molecular flexibility index (Phi) is 11.1. The number of hydrogen-bond acceptors (Lipinski definition) is 10. The van der Waals surface area contributed by atoms with E-state index >= 15 is 0 Å². The van der Waals surface area contributed by atoms with E-state index in [2.05, 4.69) is 4.98 Å². The van der Waals surface area contributed by atoms with Crippen LogP contribution < -0.4 is 23.8 Å². The first kappa shape index (κ1) is 34.6. The van der Waals surface area contributed by atoms with Crippen molar-refractivity contribution < 1.29 is 42.4 Å². The van der Waals surface area contributed by atoms with E-state index in [0.717, 1.165) is 5.56 Å². The number of fused-ring (bicyclic) bond motifs is 1. The Hall–Kier alpha value is -4.74. The number of oxazole rings is 1. The number of benzene rings is 3. The SMILES string of the molecule is CCOC(=O)CCc1oc(CC2OC(c3cccc(OC)c3OC)c3cc(Cl)ccc3N(Cc3ccc(OC)cc3OC)C2=O)nc1C. The minimum Gasteiger partial charge on any atom is -0.497 e. The van der Waals surface area contributed by atoms with Crippen LogP contribution in [0.2, 0.25) is 5.02 Å². The van der Waals surface area contributed by atoms with Crippen LogP contribution in [0.3, 0.4) is 0 Å². The van der Waals surface area contributed by atoms with E-state index in [0.29, 0.717) is 75.2 Å². The van der Waals surface area contributed by atoms with Crippen LogP contribution >= 0.6 is 11.6 Å². The van der Waals surface area contributed by atoms with Crippen molar-refractivity contribution in [1.82, 2.24) is 4.98 Å². The number of aryl methyl sites for hydroxylation is 2. The zero-order valence-electron chi connectivity index (χ0n) is 27.8. The zero-order valence-corrected chi connectivity index (χ0v) is 28.6. The summed E-state index contributed by atoms with van der Waals surface area (Å²) < 4.78 is 40.4. The summed E-state index contributed by atoms with van der Waals surface area (Å²) in [4.78, 5) is 32.9. The molecule has 1 aliphatic heterocycles. The number of halogens is 1. The maximum atomic E-state index is 14.7. The lowest BCUT2D eigenvalue weighted by molar-refractivity contribution is -0.143. The molecule has 0 bridgehead atoms. The molecule has 4 aromatic rings. The summed E-state index contributed by atoms with van der Waals surface area (Å²) in [6, 6.07) is 16.3. The van der Waals surface area contributed by atoms with Gasteiger partial charge in [-0.2, -0.15) is 0 Å². The Morgan fingerprint density at radius 2 is 1.75 bits per heavy atom. The molecule has 0 aliphatic carbocycles. The molecule has 0 saturated heterocycles. The molecule has 2 atom stereocenters. The molecular weight excluding hydrogens is 640 g/mol. The van der Waals surface area contributed by atoms with Crippen LogP contribution in [-0.2, 0) is 38.4 Å². The fraction of sp³-hybridized carbons (Fsp3) is 0.361. The molecule has 1 aliphatic rings. The highest BCUT2D eigenvalue weighted by molar-refractivity contribution is 6.30. The van der Waals surface area contributed by atoms with Crippen molar-refractivity contribution in [2.45, 2.75) is 51.9 Å². The second-order valence-corrected chi connectivity index (χ2v) is 11.5. The van der Waals surface area contributed by atoms with Gasteiger partial charge in [-0.25, -0.2) is 4.98 Å². The Morgan fingerprint density at radius 3 is 2.46 bits per heavy atom. The highest BCUT2D eigenvalue weighted by atomic mass is 35.5. The summed E-state index contributed by atoms with van der Waals surface area (Å²) >= 11 is 6.59. The first-order valence-electron chi connectivity index (χ1n) is 15.5. The average molecular weight is 679 g/mol. The van der Waals surface area contributed by atoms with E-state index in [-0.39, 0.29) is 31.3 Å². The number of anilines is 1. The van der Waals surface area contributed by atoms with Crippen molar-refractivity contribution >= 4 is 29.2 Å². The molecule has 48 heavy (non-hydrogen) atoms. The Labute approximate surface area is 284 Å². The molecule has 12 heteroatoms. The van der Waals surface area contributed by atoms with Gasteiger partial charge < -0.3 is 37.7 Å². The van der Waals surface area contributed by atoms with E-state index in [1.807, 2.05) is 24.3 Å². The van der Waals surface area contributed by atoms with E-state index in [4.69, 9.17) is 44.4 Å². The third-order valence-electron chi connectivity index (χ3n) is 8.10. The maximum Gasteiger partial charge on any atom is 0.306 e. The highest BCUT2D eigenvalue weighted by Crippen LogP contribution is 2.46. The number of rotatable bonds is 13. The van der Waals surface area contributed by atoms with Crippen molar-refractivity contribution in [3.63, 3.8) is 0 Å². The third kappa shape index (κ3) is 7.37. The molecule has 0 fully saturated rings. The summed E-state index contributed by atoms with van der Waals surface area (Å²) in [5.41, 5.74) is 3.25. The van der Waals surface area contributed by atoms with Crippen LogP contribution in [0, 0.1) is 6.92 Å². The molecule has 0 radical (unpaired) electrons. The van der Waals surface area contributed by atoms with Gasteiger partial charge in [-0.1, -0.05) is 23.7 Å². The average Bonchev–Trinajstić information content (AvgIpc) is 3.40. The number of ether oxygens (including phenoxy) is 6. The van der Waals surface area contributed by atoms with Crippen LogP contribution in [0.5, 0.6) is 23.0 Å². The monoisotopic (exact) mass is 678 g/mol. The van der Waals surface area contributed by atoms with Crippen LogP contribution in [0.15, 0.2) is 59.0 Å². The minimum atomic E-state index is -1.06. The molecule has 11 nitrogen and oxygen atoms in total. The fourth-order valence-corrected chi connectivity index (χ4v) is 5.98. The first-order valence-corrected chi connectivity index (χ1v) is 15.9. The topological polar surface area (TPSA) is 119 Å². The van der Waals surface area contributed by atoms with E-state index in [1.165, 1.54) is 0 Å². The van der Waals surface area contributed by atoms with Crippen LogP contribution in [0.1, 0.15) is 53.5 Å². The predicted molar refractivity (Wildman–Crippen MR) is 178 cm³/mol. The summed E-state index contributed by atoms with van der Waals surface area (Å²) in [6.07, 6.45) is -1.39. The Morgan fingerprint density at radius 1 is 0.958 bits per heavy atom. The molecule has 5 rings (SSSR count). The van der Waals surface area contributed by atoms with Gasteiger partial charge >= 0.3 is 5.97 Å². The molecule has 2 unspecified atom stereocenters. The molecule has 0 saturated carbocycles. The van der Waals surface area contributed by atoms with Gasteiger partial charge in [0.1, 0.15) is 29.5 Å². The molecule has 1 aromatic heterocycles. The largest absolute Gasteiger partial charge is 0.497 e. The van der Waals surface area contributed by atoms with Crippen molar-refractivity contribution in [2.75, 3.05) is 39.9 Å². The van der Waals surface area contributed by atoms with E-state index in [1.54, 1.807) is 77.5 Å². The summed E-state index contributed by atoms with van der Waals surface area (Å²) in [5.74, 6) is 2.32. The van der Waals surface area contributed by atoms with Crippen molar-refractivity contribution in [2.24, 2.45) is 0 Å². The highest BCUT2D eigenvalue weighted by Gasteiger charge is 2.39. The van der Waals surface area contributed by atoms with Gasteiger partial charge in [-0.3, -0.25) is 9.59 Å². The minimum absolute atomic E-state index is 0.0137. The van der Waals surface area contributed by atoms with Crippen LogP contribution in [0.25, 0.3) is 0 Å². The number of carbonyl (C=O) groups excluding carboxylic acids is 2. The van der Waals surface area contributed by atoms with Crippen molar-refractivity contribution in [3.8, 4) is 23.0 Å².